The molecule has 108 valence electrons. The molecule has 0 spiro atoms. The fraction of sp³-hybridized carbons (Fsp3) is 0.571. The van der Waals surface area contributed by atoms with E-state index in [2.05, 4.69) is 5.32 Å². The number of hydrogen-bond donors (Lipinski definition) is 2. The van der Waals surface area contributed by atoms with Crippen LogP contribution < -0.4 is 5.32 Å². The SMILES string of the molecule is CC(Cc1ccc(O)cc1)NCC(C)(C)S(C)(=O)=O. The Morgan fingerprint density at radius 3 is 2.26 bits per heavy atom. The summed E-state index contributed by atoms with van der Waals surface area (Å²) < 4.78 is 22.4. The minimum absolute atomic E-state index is 0.172. The molecule has 0 aliphatic rings. The van der Waals surface area contributed by atoms with Crippen molar-refractivity contribution >= 4 is 9.84 Å². The van der Waals surface area contributed by atoms with Crippen LogP contribution in [0.15, 0.2) is 24.3 Å². The van der Waals surface area contributed by atoms with Crippen LogP contribution in [0.25, 0.3) is 0 Å². The molecule has 19 heavy (non-hydrogen) atoms. The molecule has 4 nitrogen and oxygen atoms in total. The van der Waals surface area contributed by atoms with Gasteiger partial charge in [-0.05, 0) is 44.9 Å². The standard InChI is InChI=1S/C14H23NO3S/c1-11(9-12-5-7-13(16)8-6-12)15-10-14(2,3)19(4,17)18/h5-8,11,15-16H,9-10H2,1-4H3. The van der Waals surface area contributed by atoms with Gasteiger partial charge in [0.2, 0.25) is 0 Å². The lowest BCUT2D eigenvalue weighted by Gasteiger charge is -2.25. The van der Waals surface area contributed by atoms with E-state index < -0.39 is 14.6 Å². The van der Waals surface area contributed by atoms with E-state index in [0.29, 0.717) is 6.54 Å². The van der Waals surface area contributed by atoms with Crippen molar-refractivity contribution in [3.05, 3.63) is 29.8 Å². The molecule has 0 aliphatic carbocycles. The summed E-state index contributed by atoms with van der Waals surface area (Å²) in [5, 5.41) is 12.5. The van der Waals surface area contributed by atoms with Gasteiger partial charge in [-0.1, -0.05) is 12.1 Å². The molecule has 0 radical (unpaired) electrons. The summed E-state index contributed by atoms with van der Waals surface area (Å²) >= 11 is 0. The molecule has 0 aromatic heterocycles. The fourth-order valence-corrected chi connectivity index (χ4v) is 1.95. The topological polar surface area (TPSA) is 66.4 Å². The van der Waals surface area contributed by atoms with Crippen LogP contribution in [0.3, 0.4) is 0 Å². The van der Waals surface area contributed by atoms with Crippen LogP contribution in [0.5, 0.6) is 5.75 Å². The first-order valence-electron chi connectivity index (χ1n) is 6.33. The van der Waals surface area contributed by atoms with Crippen molar-refractivity contribution in [1.82, 2.24) is 5.32 Å². The predicted molar refractivity (Wildman–Crippen MR) is 78.2 cm³/mol. The van der Waals surface area contributed by atoms with E-state index in [9.17, 15) is 13.5 Å². The molecule has 0 heterocycles. The van der Waals surface area contributed by atoms with E-state index in [1.165, 1.54) is 6.26 Å². The Morgan fingerprint density at radius 1 is 1.26 bits per heavy atom. The molecule has 0 aliphatic heterocycles. The van der Waals surface area contributed by atoms with Gasteiger partial charge in [-0.15, -0.1) is 0 Å². The van der Waals surface area contributed by atoms with Gasteiger partial charge in [-0.3, -0.25) is 0 Å². The number of phenols is 1. The first-order valence-corrected chi connectivity index (χ1v) is 8.22. The van der Waals surface area contributed by atoms with E-state index in [1.807, 2.05) is 19.1 Å². The van der Waals surface area contributed by atoms with Crippen molar-refractivity contribution in [1.29, 1.82) is 0 Å². The molecule has 0 saturated heterocycles. The third-order valence-electron chi connectivity index (χ3n) is 3.36. The van der Waals surface area contributed by atoms with Crippen LogP contribution in [0.4, 0.5) is 0 Å². The Labute approximate surface area is 115 Å². The molecule has 0 bridgehead atoms. The van der Waals surface area contributed by atoms with E-state index in [-0.39, 0.29) is 11.8 Å². The molecule has 1 aromatic rings. The summed E-state index contributed by atoms with van der Waals surface area (Å²) in [6.45, 7) is 5.89. The summed E-state index contributed by atoms with van der Waals surface area (Å²) in [6, 6.07) is 7.22. The van der Waals surface area contributed by atoms with Gasteiger partial charge in [0.1, 0.15) is 5.75 Å². The highest BCUT2D eigenvalue weighted by Gasteiger charge is 2.30. The molecule has 1 rings (SSSR count). The van der Waals surface area contributed by atoms with Gasteiger partial charge in [-0.25, -0.2) is 8.42 Å². The second kappa shape index (κ2) is 5.92. The summed E-state index contributed by atoms with van der Waals surface area (Å²) in [6.07, 6.45) is 2.06. The van der Waals surface area contributed by atoms with Crippen LogP contribution in [0.2, 0.25) is 0 Å². The monoisotopic (exact) mass is 285 g/mol. The lowest BCUT2D eigenvalue weighted by Crippen LogP contribution is -2.45. The molecule has 5 heteroatoms. The third kappa shape index (κ3) is 4.84. The molecule has 0 saturated carbocycles. The summed E-state index contributed by atoms with van der Waals surface area (Å²) in [5.41, 5.74) is 1.11. The minimum Gasteiger partial charge on any atom is -0.508 e. The predicted octanol–water partition coefficient (Wildman–Crippen LogP) is 1.74. The highest BCUT2D eigenvalue weighted by molar-refractivity contribution is 7.92. The summed E-state index contributed by atoms with van der Waals surface area (Å²) in [4.78, 5) is 0. The first kappa shape index (κ1) is 16.0. The molecule has 1 atom stereocenters. The average molecular weight is 285 g/mol. The van der Waals surface area contributed by atoms with E-state index in [4.69, 9.17) is 0 Å². The van der Waals surface area contributed by atoms with Gasteiger partial charge in [0, 0.05) is 18.8 Å². The molecule has 2 N–H and O–H groups in total. The maximum Gasteiger partial charge on any atom is 0.153 e. The quantitative estimate of drug-likeness (QED) is 0.835. The Balaban J connectivity index is 2.53. The van der Waals surface area contributed by atoms with Crippen molar-refractivity contribution in [2.45, 2.75) is 38.0 Å². The number of benzene rings is 1. The Morgan fingerprint density at radius 2 is 1.79 bits per heavy atom. The zero-order valence-corrected chi connectivity index (χ0v) is 12.8. The zero-order valence-electron chi connectivity index (χ0n) is 12.0. The van der Waals surface area contributed by atoms with Crippen LogP contribution >= 0.6 is 0 Å². The fourth-order valence-electron chi connectivity index (χ4n) is 1.61. The Kier molecular flexibility index (Phi) is 4.98. The second-order valence-corrected chi connectivity index (χ2v) is 8.33. The normalized spacial score (nSPS) is 14.3. The van der Waals surface area contributed by atoms with E-state index in [0.717, 1.165) is 12.0 Å². The maximum atomic E-state index is 11.6. The van der Waals surface area contributed by atoms with Crippen LogP contribution in [-0.4, -0.2) is 37.1 Å². The number of hydrogen-bond acceptors (Lipinski definition) is 4. The van der Waals surface area contributed by atoms with Crippen molar-refractivity contribution in [2.24, 2.45) is 0 Å². The van der Waals surface area contributed by atoms with Gasteiger partial charge in [0.05, 0.1) is 4.75 Å². The molecular formula is C14H23NO3S. The maximum absolute atomic E-state index is 11.6. The highest BCUT2D eigenvalue weighted by Crippen LogP contribution is 2.15. The average Bonchev–Trinajstić information content (AvgIpc) is 2.28. The largest absolute Gasteiger partial charge is 0.508 e. The van der Waals surface area contributed by atoms with Gasteiger partial charge >= 0.3 is 0 Å². The van der Waals surface area contributed by atoms with Crippen LogP contribution in [-0.2, 0) is 16.3 Å². The molecule has 0 fully saturated rings. The highest BCUT2D eigenvalue weighted by atomic mass is 32.2. The Hall–Kier alpha value is -1.07. The van der Waals surface area contributed by atoms with Crippen molar-refractivity contribution in [3.63, 3.8) is 0 Å². The summed E-state index contributed by atoms with van der Waals surface area (Å²) in [5.74, 6) is 0.252. The number of aromatic hydroxyl groups is 1. The van der Waals surface area contributed by atoms with Crippen LogP contribution in [0, 0.1) is 0 Å². The summed E-state index contributed by atoms with van der Waals surface area (Å²) in [7, 11) is -3.07. The zero-order chi connectivity index (χ0) is 14.7. The third-order valence-corrected chi connectivity index (χ3v) is 5.51. The van der Waals surface area contributed by atoms with Gasteiger partial charge in [0.15, 0.2) is 9.84 Å². The lowest BCUT2D eigenvalue weighted by molar-refractivity contribution is 0.471. The number of rotatable bonds is 6. The van der Waals surface area contributed by atoms with Gasteiger partial charge in [-0.2, -0.15) is 0 Å². The van der Waals surface area contributed by atoms with Crippen molar-refractivity contribution in [3.8, 4) is 5.75 Å². The first-order chi connectivity index (χ1) is 8.62. The molecule has 1 unspecified atom stereocenters. The lowest BCUT2D eigenvalue weighted by atomic mass is 10.1. The number of phenolic OH excluding ortho intramolecular Hbond substituents is 1. The van der Waals surface area contributed by atoms with Crippen LogP contribution in [0.1, 0.15) is 26.3 Å². The number of nitrogens with one attached hydrogen (secondary N) is 1. The minimum atomic E-state index is -3.07. The van der Waals surface area contributed by atoms with E-state index >= 15 is 0 Å². The smallest absolute Gasteiger partial charge is 0.153 e. The van der Waals surface area contributed by atoms with Gasteiger partial charge < -0.3 is 10.4 Å². The molecule has 0 amide bonds. The Bertz CT molecular complexity index is 506. The van der Waals surface area contributed by atoms with Gasteiger partial charge in [0.25, 0.3) is 0 Å². The number of sulfone groups is 1. The van der Waals surface area contributed by atoms with E-state index in [1.54, 1.807) is 26.0 Å². The second-order valence-electron chi connectivity index (χ2n) is 5.68. The van der Waals surface area contributed by atoms with Crippen molar-refractivity contribution in [2.75, 3.05) is 12.8 Å². The molecular weight excluding hydrogens is 262 g/mol. The molecule has 1 aromatic carbocycles. The van der Waals surface area contributed by atoms with Crippen molar-refractivity contribution < 1.29 is 13.5 Å².